The van der Waals surface area contributed by atoms with Crippen molar-refractivity contribution < 1.29 is 28.5 Å². The summed E-state index contributed by atoms with van der Waals surface area (Å²) in [6.45, 7) is 4.03. The summed E-state index contributed by atoms with van der Waals surface area (Å²) in [6, 6.07) is 11.8. The molecule has 3 aromatic rings. The van der Waals surface area contributed by atoms with Crippen LogP contribution in [0, 0.1) is 17.4 Å². The third kappa shape index (κ3) is 5.11. The Labute approximate surface area is 186 Å². The molecular weight excluding hydrogens is 432 g/mol. The second-order valence-corrected chi connectivity index (χ2v) is 10.1. The van der Waals surface area contributed by atoms with Gasteiger partial charge in [0.2, 0.25) is 0 Å². The molecule has 2 N–H and O–H groups in total. The molecule has 2 unspecified atom stereocenters. The molecule has 168 valence electrons. The lowest BCUT2D eigenvalue weighted by atomic mass is 9.98. The van der Waals surface area contributed by atoms with Crippen LogP contribution in [0.5, 0.6) is 0 Å². The van der Waals surface area contributed by atoms with Gasteiger partial charge in [-0.3, -0.25) is 9.36 Å². The third-order valence-electron chi connectivity index (χ3n) is 5.07. The summed E-state index contributed by atoms with van der Waals surface area (Å²) >= 11 is 0. The molecular formula is C24H25FNO5P. The number of aliphatic hydroxyl groups excluding tert-OH is 1. The molecule has 8 heteroatoms. The molecule has 2 aromatic heterocycles. The van der Waals surface area contributed by atoms with Gasteiger partial charge in [0, 0.05) is 24.6 Å². The molecule has 0 aliphatic rings. The Balaban J connectivity index is 2.21. The van der Waals surface area contributed by atoms with Gasteiger partial charge >= 0.3 is 5.97 Å². The summed E-state index contributed by atoms with van der Waals surface area (Å²) < 4.78 is 33.8. The highest BCUT2D eigenvalue weighted by Gasteiger charge is 2.26. The number of aliphatic carboxylic acids is 1. The van der Waals surface area contributed by atoms with E-state index in [1.807, 2.05) is 42.6 Å². The SMILES string of the molecule is COP(=O)(C#Cc1c(-c2ccc(F)cc2)c2ccccn2c1C(C)C)CC(O)CC(=O)O. The van der Waals surface area contributed by atoms with Crippen LogP contribution in [-0.4, -0.2) is 40.0 Å². The molecule has 0 bridgehead atoms. The molecule has 0 spiro atoms. The van der Waals surface area contributed by atoms with E-state index in [0.717, 1.165) is 22.3 Å². The normalized spacial score (nSPS) is 14.1. The lowest BCUT2D eigenvalue weighted by molar-refractivity contribution is -0.138. The van der Waals surface area contributed by atoms with Gasteiger partial charge in [-0.05, 0) is 41.4 Å². The van der Waals surface area contributed by atoms with Crippen molar-refractivity contribution in [1.29, 1.82) is 0 Å². The van der Waals surface area contributed by atoms with Crippen LogP contribution < -0.4 is 0 Å². The van der Waals surface area contributed by atoms with Crippen LogP contribution in [-0.2, 0) is 13.9 Å². The van der Waals surface area contributed by atoms with Crippen LogP contribution >= 0.6 is 7.37 Å². The summed E-state index contributed by atoms with van der Waals surface area (Å²) in [5.41, 5.74) is 6.60. The molecule has 0 radical (unpaired) electrons. The molecule has 0 aliphatic heterocycles. The van der Waals surface area contributed by atoms with Crippen molar-refractivity contribution in [3.05, 3.63) is 65.7 Å². The van der Waals surface area contributed by atoms with Crippen molar-refractivity contribution in [3.8, 4) is 22.7 Å². The summed E-state index contributed by atoms with van der Waals surface area (Å²) in [5, 5.41) is 18.8. The zero-order valence-electron chi connectivity index (χ0n) is 18.1. The number of hydrogen-bond donors (Lipinski definition) is 2. The maximum Gasteiger partial charge on any atom is 0.305 e. The Morgan fingerprint density at radius 2 is 1.91 bits per heavy atom. The number of nitrogens with zero attached hydrogens (tertiary/aromatic N) is 1. The Bertz CT molecular complexity index is 1240. The van der Waals surface area contributed by atoms with Crippen LogP contribution in [0.3, 0.4) is 0 Å². The average molecular weight is 457 g/mol. The van der Waals surface area contributed by atoms with E-state index < -0.39 is 25.9 Å². The third-order valence-corrected chi connectivity index (χ3v) is 7.01. The number of carboxylic acid groups (broad SMARTS) is 1. The zero-order valence-corrected chi connectivity index (χ0v) is 19.0. The monoisotopic (exact) mass is 457 g/mol. The maximum absolute atomic E-state index is 13.6. The van der Waals surface area contributed by atoms with Crippen LogP contribution in [0.1, 0.15) is 37.4 Å². The van der Waals surface area contributed by atoms with Crippen LogP contribution in [0.25, 0.3) is 16.6 Å². The minimum atomic E-state index is -3.63. The highest BCUT2D eigenvalue weighted by Crippen LogP contribution is 2.46. The zero-order chi connectivity index (χ0) is 23.5. The molecule has 0 amide bonds. The number of pyridine rings is 1. The van der Waals surface area contributed by atoms with Gasteiger partial charge in [0.1, 0.15) is 5.82 Å². The minimum absolute atomic E-state index is 0.0583. The van der Waals surface area contributed by atoms with Crippen molar-refractivity contribution in [2.45, 2.75) is 32.3 Å². The quantitative estimate of drug-likeness (QED) is 0.388. The van der Waals surface area contributed by atoms with E-state index in [9.17, 15) is 18.9 Å². The lowest BCUT2D eigenvalue weighted by Gasteiger charge is -2.13. The largest absolute Gasteiger partial charge is 0.481 e. The fourth-order valence-corrected chi connectivity index (χ4v) is 4.98. The highest BCUT2D eigenvalue weighted by atomic mass is 31.2. The van der Waals surface area contributed by atoms with Gasteiger partial charge in [-0.15, -0.1) is 0 Å². The van der Waals surface area contributed by atoms with Gasteiger partial charge in [-0.25, -0.2) is 4.39 Å². The summed E-state index contributed by atoms with van der Waals surface area (Å²) in [7, 11) is -2.41. The average Bonchev–Trinajstić information content (AvgIpc) is 3.06. The first-order valence-corrected chi connectivity index (χ1v) is 11.9. The summed E-state index contributed by atoms with van der Waals surface area (Å²) in [5.74, 6) is 1.51. The van der Waals surface area contributed by atoms with E-state index in [-0.39, 0.29) is 17.9 Å². The van der Waals surface area contributed by atoms with E-state index in [2.05, 4.69) is 11.6 Å². The van der Waals surface area contributed by atoms with Crippen LogP contribution in [0.4, 0.5) is 4.39 Å². The topological polar surface area (TPSA) is 88.2 Å². The van der Waals surface area contributed by atoms with Crippen molar-refractivity contribution in [2.24, 2.45) is 0 Å². The predicted octanol–water partition coefficient (Wildman–Crippen LogP) is 4.94. The Kier molecular flexibility index (Phi) is 7.20. The molecule has 2 heterocycles. The van der Waals surface area contributed by atoms with Crippen molar-refractivity contribution >= 4 is 18.9 Å². The van der Waals surface area contributed by atoms with Crippen molar-refractivity contribution in [3.63, 3.8) is 0 Å². The molecule has 1 aromatic carbocycles. The molecule has 3 rings (SSSR count). The van der Waals surface area contributed by atoms with Gasteiger partial charge < -0.3 is 19.1 Å². The van der Waals surface area contributed by atoms with Crippen LogP contribution in [0.15, 0.2) is 48.7 Å². The number of aliphatic hydroxyl groups is 1. The van der Waals surface area contributed by atoms with Gasteiger partial charge in [-0.2, -0.15) is 0 Å². The Morgan fingerprint density at radius 1 is 1.22 bits per heavy atom. The number of benzene rings is 1. The van der Waals surface area contributed by atoms with E-state index in [1.165, 1.54) is 19.2 Å². The number of aromatic nitrogens is 1. The number of hydrogen-bond acceptors (Lipinski definition) is 4. The first-order chi connectivity index (χ1) is 15.1. The second-order valence-electron chi connectivity index (χ2n) is 7.78. The van der Waals surface area contributed by atoms with Gasteiger partial charge in [-0.1, -0.05) is 38.0 Å². The van der Waals surface area contributed by atoms with Crippen molar-refractivity contribution in [2.75, 3.05) is 13.3 Å². The lowest BCUT2D eigenvalue weighted by Crippen LogP contribution is -2.17. The number of rotatable bonds is 7. The molecule has 0 fully saturated rings. The smallest absolute Gasteiger partial charge is 0.305 e. The summed E-state index contributed by atoms with van der Waals surface area (Å²) in [4.78, 5) is 10.9. The van der Waals surface area contributed by atoms with Crippen LogP contribution in [0.2, 0.25) is 0 Å². The highest BCUT2D eigenvalue weighted by molar-refractivity contribution is 7.64. The Morgan fingerprint density at radius 3 is 2.50 bits per heavy atom. The Hall–Kier alpha value is -2.91. The van der Waals surface area contributed by atoms with E-state index in [1.54, 1.807) is 12.1 Å². The molecule has 0 saturated heterocycles. The van der Waals surface area contributed by atoms with Crippen molar-refractivity contribution in [1.82, 2.24) is 4.40 Å². The van der Waals surface area contributed by atoms with Gasteiger partial charge in [0.05, 0.1) is 29.8 Å². The number of carbonyl (C=O) groups is 1. The van der Waals surface area contributed by atoms with Gasteiger partial charge in [0.15, 0.2) is 0 Å². The van der Waals surface area contributed by atoms with Gasteiger partial charge in [0.25, 0.3) is 7.37 Å². The maximum atomic E-state index is 13.6. The first kappa shape index (κ1) is 23.7. The van der Waals surface area contributed by atoms with E-state index in [4.69, 9.17) is 9.63 Å². The molecule has 6 nitrogen and oxygen atoms in total. The first-order valence-electron chi connectivity index (χ1n) is 10.1. The molecule has 32 heavy (non-hydrogen) atoms. The minimum Gasteiger partial charge on any atom is -0.481 e. The van der Waals surface area contributed by atoms with E-state index in [0.29, 0.717) is 5.56 Å². The van der Waals surface area contributed by atoms with E-state index >= 15 is 0 Å². The molecule has 0 saturated carbocycles. The predicted molar refractivity (Wildman–Crippen MR) is 122 cm³/mol. The molecule has 0 aliphatic carbocycles. The fraction of sp³-hybridized carbons (Fsp3) is 0.292. The second kappa shape index (κ2) is 9.70. The fourth-order valence-electron chi connectivity index (χ4n) is 3.69. The standard InChI is InChI=1S/C24H25FNO5P/c1-16(2)24-20(11-13-32(30,31-3)15-19(27)14-22(28)29)23(17-7-9-18(25)10-8-17)21-6-4-5-12-26(21)24/h4-10,12,16,19,27H,14-15H2,1-3H3,(H,28,29). The number of fused-ring (bicyclic) bond motifs is 1. The molecule has 2 atom stereocenters. The summed E-state index contributed by atoms with van der Waals surface area (Å²) in [6.07, 6.45) is -0.376. The number of halogens is 1. The number of carboxylic acids is 1.